The predicted molar refractivity (Wildman–Crippen MR) is 74.6 cm³/mol. The van der Waals surface area contributed by atoms with Crippen LogP contribution < -0.4 is 10.6 Å². The van der Waals surface area contributed by atoms with Gasteiger partial charge in [0.05, 0.1) is 13.2 Å². The molecule has 2 rings (SSSR count). The number of ether oxygens (including phenoxy) is 1. The minimum atomic E-state index is -0.0251. The fraction of sp³-hybridized carbons (Fsp3) is 0.462. The van der Waals surface area contributed by atoms with Crippen LogP contribution in [0.2, 0.25) is 0 Å². The van der Waals surface area contributed by atoms with Crippen LogP contribution in [0, 0.1) is 0 Å². The largest absolute Gasteiger partial charge is 0.380 e. The highest BCUT2D eigenvalue weighted by molar-refractivity contribution is 9.10. The van der Waals surface area contributed by atoms with E-state index in [1.54, 1.807) is 0 Å². The van der Waals surface area contributed by atoms with Crippen molar-refractivity contribution in [2.75, 3.05) is 25.1 Å². The molecule has 1 saturated heterocycles. The van der Waals surface area contributed by atoms with Crippen molar-refractivity contribution in [3.63, 3.8) is 0 Å². The molecule has 1 atom stereocenters. The van der Waals surface area contributed by atoms with Gasteiger partial charge in [-0.1, -0.05) is 15.9 Å². The van der Waals surface area contributed by atoms with Crippen LogP contribution in [-0.4, -0.2) is 31.7 Å². The Labute approximate surface area is 115 Å². The first kappa shape index (κ1) is 13.5. The molecule has 18 heavy (non-hydrogen) atoms. The molecule has 1 aromatic carbocycles. The quantitative estimate of drug-likeness (QED) is 0.895. The van der Waals surface area contributed by atoms with E-state index in [1.165, 1.54) is 0 Å². The maximum absolute atomic E-state index is 11.7. The summed E-state index contributed by atoms with van der Waals surface area (Å²) in [5.74, 6) is -0.0251. The molecule has 1 unspecified atom stereocenters. The first-order valence-electron chi connectivity index (χ1n) is 6.10. The SMILES string of the molecule is O=C(CNC1CCCOC1)Nc1ccc(Br)cc1. The van der Waals surface area contributed by atoms with E-state index in [9.17, 15) is 4.79 Å². The molecule has 1 aliphatic rings. The fourth-order valence-electron chi connectivity index (χ4n) is 1.88. The lowest BCUT2D eigenvalue weighted by Gasteiger charge is -2.22. The third-order valence-corrected chi connectivity index (χ3v) is 3.37. The monoisotopic (exact) mass is 312 g/mol. The molecule has 1 fully saturated rings. The molecule has 0 radical (unpaired) electrons. The molecule has 1 heterocycles. The summed E-state index contributed by atoms with van der Waals surface area (Å²) in [5, 5.41) is 6.05. The molecule has 0 aromatic heterocycles. The van der Waals surface area contributed by atoms with E-state index in [0.29, 0.717) is 19.2 Å². The second-order valence-electron chi connectivity index (χ2n) is 4.35. The Morgan fingerprint density at radius 3 is 2.83 bits per heavy atom. The zero-order chi connectivity index (χ0) is 12.8. The average molecular weight is 313 g/mol. The molecule has 1 aromatic rings. The Bertz CT molecular complexity index is 388. The maximum atomic E-state index is 11.7. The second kappa shape index (κ2) is 6.87. The number of benzene rings is 1. The van der Waals surface area contributed by atoms with Crippen LogP contribution in [0.25, 0.3) is 0 Å². The van der Waals surface area contributed by atoms with Gasteiger partial charge in [0, 0.05) is 22.8 Å². The molecule has 5 heteroatoms. The summed E-state index contributed by atoms with van der Waals surface area (Å²) in [4.78, 5) is 11.7. The van der Waals surface area contributed by atoms with Crippen molar-refractivity contribution in [1.82, 2.24) is 5.32 Å². The van der Waals surface area contributed by atoms with E-state index in [-0.39, 0.29) is 5.91 Å². The van der Waals surface area contributed by atoms with E-state index in [4.69, 9.17) is 4.74 Å². The number of carbonyl (C=O) groups is 1. The Hall–Kier alpha value is -0.910. The van der Waals surface area contributed by atoms with Crippen LogP contribution in [0.15, 0.2) is 28.7 Å². The molecule has 1 aliphatic heterocycles. The zero-order valence-electron chi connectivity index (χ0n) is 10.1. The highest BCUT2D eigenvalue weighted by atomic mass is 79.9. The number of anilines is 1. The summed E-state index contributed by atoms with van der Waals surface area (Å²) in [5.41, 5.74) is 0.810. The molecule has 1 amide bonds. The summed E-state index contributed by atoms with van der Waals surface area (Å²) < 4.78 is 6.34. The third-order valence-electron chi connectivity index (χ3n) is 2.84. The van der Waals surface area contributed by atoms with Gasteiger partial charge in [0.1, 0.15) is 0 Å². The smallest absolute Gasteiger partial charge is 0.238 e. The number of nitrogens with one attached hydrogen (secondary N) is 2. The van der Waals surface area contributed by atoms with Crippen LogP contribution >= 0.6 is 15.9 Å². The van der Waals surface area contributed by atoms with Crippen LogP contribution in [0.4, 0.5) is 5.69 Å². The highest BCUT2D eigenvalue weighted by Crippen LogP contribution is 2.13. The minimum absolute atomic E-state index is 0.0251. The number of halogens is 1. The van der Waals surface area contributed by atoms with Crippen molar-refractivity contribution in [2.24, 2.45) is 0 Å². The number of hydrogen-bond donors (Lipinski definition) is 2. The van der Waals surface area contributed by atoms with Gasteiger partial charge in [-0.05, 0) is 37.1 Å². The van der Waals surface area contributed by atoms with Gasteiger partial charge in [0.15, 0.2) is 0 Å². The standard InChI is InChI=1S/C13H17BrN2O2/c14-10-3-5-11(6-4-10)16-13(17)8-15-12-2-1-7-18-9-12/h3-6,12,15H,1-2,7-9H2,(H,16,17). The lowest BCUT2D eigenvalue weighted by atomic mass is 10.1. The summed E-state index contributed by atoms with van der Waals surface area (Å²) >= 11 is 3.36. The number of amides is 1. The van der Waals surface area contributed by atoms with Gasteiger partial charge in [-0.15, -0.1) is 0 Å². The normalized spacial score (nSPS) is 19.5. The van der Waals surface area contributed by atoms with Crippen molar-refractivity contribution < 1.29 is 9.53 Å². The van der Waals surface area contributed by atoms with E-state index in [2.05, 4.69) is 26.6 Å². The van der Waals surface area contributed by atoms with Gasteiger partial charge in [-0.25, -0.2) is 0 Å². The molecule has 0 bridgehead atoms. The first-order chi connectivity index (χ1) is 8.74. The second-order valence-corrected chi connectivity index (χ2v) is 5.27. The van der Waals surface area contributed by atoms with E-state index in [0.717, 1.165) is 29.6 Å². The van der Waals surface area contributed by atoms with Gasteiger partial charge in [-0.3, -0.25) is 4.79 Å². The highest BCUT2D eigenvalue weighted by Gasteiger charge is 2.14. The molecular formula is C13H17BrN2O2. The van der Waals surface area contributed by atoms with Crippen molar-refractivity contribution in [1.29, 1.82) is 0 Å². The summed E-state index contributed by atoms with van der Waals surface area (Å²) in [7, 11) is 0. The molecule has 2 N–H and O–H groups in total. The Morgan fingerprint density at radius 2 is 2.17 bits per heavy atom. The van der Waals surface area contributed by atoms with Crippen molar-refractivity contribution in [2.45, 2.75) is 18.9 Å². The van der Waals surface area contributed by atoms with Gasteiger partial charge >= 0.3 is 0 Å². The van der Waals surface area contributed by atoms with Crippen molar-refractivity contribution >= 4 is 27.5 Å². The first-order valence-corrected chi connectivity index (χ1v) is 6.90. The summed E-state index contributed by atoms with van der Waals surface area (Å²) in [6.07, 6.45) is 2.14. The van der Waals surface area contributed by atoms with Gasteiger partial charge < -0.3 is 15.4 Å². The van der Waals surface area contributed by atoms with Crippen LogP contribution in [0.3, 0.4) is 0 Å². The predicted octanol–water partition coefficient (Wildman–Crippen LogP) is 2.16. The molecule has 4 nitrogen and oxygen atoms in total. The van der Waals surface area contributed by atoms with Gasteiger partial charge in [0.25, 0.3) is 0 Å². The fourth-order valence-corrected chi connectivity index (χ4v) is 2.14. The van der Waals surface area contributed by atoms with E-state index >= 15 is 0 Å². The van der Waals surface area contributed by atoms with E-state index < -0.39 is 0 Å². The van der Waals surface area contributed by atoms with Gasteiger partial charge in [0.2, 0.25) is 5.91 Å². The summed E-state index contributed by atoms with van der Waals surface area (Å²) in [6, 6.07) is 7.84. The molecule has 0 saturated carbocycles. The average Bonchev–Trinajstić information content (AvgIpc) is 2.40. The van der Waals surface area contributed by atoms with Crippen LogP contribution in [0.1, 0.15) is 12.8 Å². The lowest BCUT2D eigenvalue weighted by Crippen LogP contribution is -2.41. The number of hydrogen-bond acceptors (Lipinski definition) is 3. The summed E-state index contributed by atoms with van der Waals surface area (Å²) in [6.45, 7) is 1.86. The van der Waals surface area contributed by atoms with Crippen molar-refractivity contribution in [3.05, 3.63) is 28.7 Å². The van der Waals surface area contributed by atoms with Crippen molar-refractivity contribution in [3.8, 4) is 0 Å². The molecular weight excluding hydrogens is 296 g/mol. The minimum Gasteiger partial charge on any atom is -0.380 e. The van der Waals surface area contributed by atoms with E-state index in [1.807, 2.05) is 24.3 Å². The maximum Gasteiger partial charge on any atom is 0.238 e. The number of rotatable bonds is 4. The Balaban J connectivity index is 1.73. The van der Waals surface area contributed by atoms with Gasteiger partial charge in [-0.2, -0.15) is 0 Å². The third kappa shape index (κ3) is 4.40. The Kier molecular flexibility index (Phi) is 5.16. The molecule has 98 valence electrons. The Morgan fingerprint density at radius 1 is 1.39 bits per heavy atom. The topological polar surface area (TPSA) is 50.4 Å². The number of carbonyl (C=O) groups excluding carboxylic acids is 1. The van der Waals surface area contributed by atoms with Crippen LogP contribution in [-0.2, 0) is 9.53 Å². The molecule has 0 aliphatic carbocycles. The lowest BCUT2D eigenvalue weighted by molar-refractivity contribution is -0.115. The molecule has 0 spiro atoms. The van der Waals surface area contributed by atoms with Crippen LogP contribution in [0.5, 0.6) is 0 Å². The zero-order valence-corrected chi connectivity index (χ0v) is 11.7.